The van der Waals surface area contributed by atoms with Gasteiger partial charge in [-0.15, -0.1) is 0 Å². The molecule has 138 valence electrons. The number of amidine groups is 1. The van der Waals surface area contributed by atoms with E-state index in [9.17, 15) is 15.0 Å². The molecule has 7 nitrogen and oxygen atoms in total. The first kappa shape index (κ1) is 20.5. The third-order valence-corrected chi connectivity index (χ3v) is 3.57. The van der Waals surface area contributed by atoms with Crippen LogP contribution in [0.4, 0.5) is 11.4 Å². The summed E-state index contributed by atoms with van der Waals surface area (Å²) in [6.07, 6.45) is 0.291. The molecule has 0 bridgehead atoms. The highest BCUT2D eigenvalue weighted by Crippen LogP contribution is 2.22. The van der Waals surface area contributed by atoms with Gasteiger partial charge in [-0.3, -0.25) is 4.79 Å². The standard InChI is InChI=1S/C18H28N4O3/c1-12(23)22(5)14-8-6-13(7-9-14)20-11-17(25)21-16(19)10-15(24)18(2,3)4/h6-10,17,20,24-25H,11H2,1-5H3,(H2,19,21)/b15-10-. The van der Waals surface area contributed by atoms with Crippen LogP contribution in [0.15, 0.2) is 41.1 Å². The molecule has 7 heteroatoms. The van der Waals surface area contributed by atoms with Gasteiger partial charge in [-0.25, -0.2) is 4.99 Å². The lowest BCUT2D eigenvalue weighted by Crippen LogP contribution is -2.23. The second-order valence-corrected chi connectivity index (χ2v) is 6.82. The third-order valence-electron chi connectivity index (χ3n) is 3.57. The van der Waals surface area contributed by atoms with Crippen LogP contribution in [-0.2, 0) is 4.79 Å². The smallest absolute Gasteiger partial charge is 0.223 e. The number of hydrogen-bond acceptors (Lipinski definition) is 5. The summed E-state index contributed by atoms with van der Waals surface area (Å²) in [6.45, 7) is 7.19. The van der Waals surface area contributed by atoms with Crippen LogP contribution in [0.2, 0.25) is 0 Å². The number of nitrogens with two attached hydrogens (primary N) is 1. The Labute approximate surface area is 148 Å². The van der Waals surface area contributed by atoms with Gasteiger partial charge in [-0.05, 0) is 24.3 Å². The van der Waals surface area contributed by atoms with Crippen LogP contribution in [0.3, 0.4) is 0 Å². The van der Waals surface area contributed by atoms with Gasteiger partial charge in [-0.2, -0.15) is 0 Å². The summed E-state index contributed by atoms with van der Waals surface area (Å²) in [5.41, 5.74) is 6.84. The van der Waals surface area contributed by atoms with Crippen molar-refractivity contribution in [2.75, 3.05) is 23.8 Å². The largest absolute Gasteiger partial charge is 0.512 e. The summed E-state index contributed by atoms with van der Waals surface area (Å²) >= 11 is 0. The van der Waals surface area contributed by atoms with E-state index in [2.05, 4.69) is 10.3 Å². The second kappa shape index (κ2) is 8.53. The van der Waals surface area contributed by atoms with E-state index in [1.165, 1.54) is 17.9 Å². The van der Waals surface area contributed by atoms with E-state index in [0.717, 1.165) is 11.4 Å². The Morgan fingerprint density at radius 1 is 1.36 bits per heavy atom. The first-order valence-electron chi connectivity index (χ1n) is 8.01. The van der Waals surface area contributed by atoms with Crippen LogP contribution in [0.1, 0.15) is 27.7 Å². The molecule has 0 radical (unpaired) electrons. The maximum atomic E-state index is 11.3. The summed E-state index contributed by atoms with van der Waals surface area (Å²) in [4.78, 5) is 16.8. The van der Waals surface area contributed by atoms with Crippen LogP contribution in [0.5, 0.6) is 0 Å². The summed E-state index contributed by atoms with van der Waals surface area (Å²) in [5.74, 6) is 0.103. The molecule has 25 heavy (non-hydrogen) atoms. The fourth-order valence-electron chi connectivity index (χ4n) is 1.81. The van der Waals surface area contributed by atoms with E-state index < -0.39 is 11.6 Å². The van der Waals surface area contributed by atoms with Crippen LogP contribution in [0, 0.1) is 5.41 Å². The fraction of sp³-hybridized carbons (Fsp3) is 0.444. The molecule has 1 rings (SSSR count). The zero-order chi connectivity index (χ0) is 19.2. The number of benzene rings is 1. The lowest BCUT2D eigenvalue weighted by atomic mass is 9.93. The molecular weight excluding hydrogens is 320 g/mol. The van der Waals surface area contributed by atoms with Crippen molar-refractivity contribution in [3.63, 3.8) is 0 Å². The minimum Gasteiger partial charge on any atom is -0.512 e. The van der Waals surface area contributed by atoms with Gasteiger partial charge in [0.05, 0.1) is 6.54 Å². The molecule has 0 fully saturated rings. The lowest BCUT2D eigenvalue weighted by Gasteiger charge is -2.17. The summed E-state index contributed by atoms with van der Waals surface area (Å²) in [5, 5.41) is 22.8. The molecule has 1 aromatic carbocycles. The fourth-order valence-corrected chi connectivity index (χ4v) is 1.81. The number of aliphatic imine (C=N–C) groups is 1. The quantitative estimate of drug-likeness (QED) is 0.358. The Hall–Kier alpha value is -2.54. The molecule has 0 aromatic heterocycles. The molecule has 0 aliphatic carbocycles. The summed E-state index contributed by atoms with van der Waals surface area (Å²) < 4.78 is 0. The Morgan fingerprint density at radius 2 is 1.92 bits per heavy atom. The molecule has 0 saturated heterocycles. The number of aliphatic hydroxyl groups excluding tert-OH is 2. The lowest BCUT2D eigenvalue weighted by molar-refractivity contribution is -0.116. The average molecular weight is 348 g/mol. The van der Waals surface area contributed by atoms with Gasteiger partial charge >= 0.3 is 0 Å². The number of carbonyl (C=O) groups excluding carboxylic acids is 1. The van der Waals surface area contributed by atoms with Crippen LogP contribution in [0.25, 0.3) is 0 Å². The van der Waals surface area contributed by atoms with Crippen molar-refractivity contribution < 1.29 is 15.0 Å². The van der Waals surface area contributed by atoms with Gasteiger partial charge in [0.2, 0.25) is 5.91 Å². The van der Waals surface area contributed by atoms with Crippen molar-refractivity contribution in [1.82, 2.24) is 0 Å². The van der Waals surface area contributed by atoms with Gasteiger partial charge in [0.1, 0.15) is 11.6 Å². The zero-order valence-electron chi connectivity index (χ0n) is 15.4. The molecule has 0 aliphatic heterocycles. The molecule has 0 aliphatic rings. The number of nitrogens with one attached hydrogen (secondary N) is 1. The van der Waals surface area contributed by atoms with Gasteiger partial charge < -0.3 is 26.2 Å². The van der Waals surface area contributed by atoms with Gasteiger partial charge in [0, 0.05) is 36.8 Å². The van der Waals surface area contributed by atoms with Crippen LogP contribution >= 0.6 is 0 Å². The Kier molecular flexibility index (Phi) is 6.99. The number of rotatable bonds is 6. The van der Waals surface area contributed by atoms with E-state index >= 15 is 0 Å². The highest BCUT2D eigenvalue weighted by atomic mass is 16.3. The van der Waals surface area contributed by atoms with Crippen LogP contribution in [-0.4, -0.2) is 41.8 Å². The molecule has 1 unspecified atom stereocenters. The molecule has 0 saturated carbocycles. The summed E-state index contributed by atoms with van der Waals surface area (Å²) in [6, 6.07) is 7.22. The molecule has 0 spiro atoms. The average Bonchev–Trinajstić information content (AvgIpc) is 2.51. The molecule has 0 heterocycles. The first-order chi connectivity index (χ1) is 11.5. The number of nitrogens with zero attached hydrogens (tertiary/aromatic N) is 2. The number of amides is 1. The Bertz CT molecular complexity index is 645. The van der Waals surface area contributed by atoms with Gasteiger partial charge in [-0.1, -0.05) is 20.8 Å². The number of carbonyl (C=O) groups is 1. The van der Waals surface area contributed by atoms with E-state index in [1.807, 2.05) is 20.8 Å². The minimum absolute atomic E-state index is 0.0486. The highest BCUT2D eigenvalue weighted by molar-refractivity contribution is 5.92. The molecule has 1 amide bonds. The van der Waals surface area contributed by atoms with E-state index in [1.54, 1.807) is 31.3 Å². The predicted molar refractivity (Wildman–Crippen MR) is 102 cm³/mol. The van der Waals surface area contributed by atoms with Crippen molar-refractivity contribution in [1.29, 1.82) is 0 Å². The van der Waals surface area contributed by atoms with Crippen LogP contribution < -0.4 is 16.0 Å². The Balaban J connectivity index is 2.63. The second-order valence-electron chi connectivity index (χ2n) is 6.82. The maximum absolute atomic E-state index is 11.3. The summed E-state index contributed by atoms with van der Waals surface area (Å²) in [7, 11) is 1.70. The number of hydrogen-bond donors (Lipinski definition) is 4. The minimum atomic E-state index is -1.05. The van der Waals surface area contributed by atoms with Crippen molar-refractivity contribution in [2.24, 2.45) is 16.1 Å². The first-order valence-corrected chi connectivity index (χ1v) is 8.01. The van der Waals surface area contributed by atoms with E-state index in [-0.39, 0.29) is 24.0 Å². The zero-order valence-corrected chi connectivity index (χ0v) is 15.4. The predicted octanol–water partition coefficient (Wildman–Crippen LogP) is 2.24. The Morgan fingerprint density at radius 3 is 2.40 bits per heavy atom. The van der Waals surface area contributed by atoms with Gasteiger partial charge in [0.15, 0.2) is 6.23 Å². The molecule has 5 N–H and O–H groups in total. The van der Waals surface area contributed by atoms with Crippen molar-refractivity contribution in [2.45, 2.75) is 33.9 Å². The highest BCUT2D eigenvalue weighted by Gasteiger charge is 2.16. The molecule has 1 atom stereocenters. The monoisotopic (exact) mass is 348 g/mol. The number of aliphatic hydroxyl groups is 2. The number of anilines is 2. The molecule has 1 aromatic rings. The van der Waals surface area contributed by atoms with Crippen molar-refractivity contribution >= 4 is 23.1 Å². The van der Waals surface area contributed by atoms with Crippen molar-refractivity contribution in [3.8, 4) is 0 Å². The normalized spacial score (nSPS) is 14.2. The van der Waals surface area contributed by atoms with E-state index in [0.29, 0.717) is 0 Å². The van der Waals surface area contributed by atoms with Gasteiger partial charge in [0.25, 0.3) is 0 Å². The SMILES string of the molecule is CC(=O)N(C)c1ccc(NCC(O)/N=C(N)\C=C(/O)C(C)(C)C)cc1. The topological polar surface area (TPSA) is 111 Å². The number of allylic oxidation sites excluding steroid dienone is 1. The third kappa shape index (κ3) is 6.84. The van der Waals surface area contributed by atoms with E-state index in [4.69, 9.17) is 5.73 Å². The molecular formula is C18H28N4O3. The van der Waals surface area contributed by atoms with Crippen molar-refractivity contribution in [3.05, 3.63) is 36.1 Å². The maximum Gasteiger partial charge on any atom is 0.223 e.